The first-order chi connectivity index (χ1) is 9.42. The number of hydrogen-bond donors (Lipinski definition) is 3. The first kappa shape index (κ1) is 16.2. The zero-order valence-electron chi connectivity index (χ0n) is 12.0. The number of carboxylic acids is 1. The second kappa shape index (κ2) is 7.05. The Balaban J connectivity index is 2.87. The van der Waals surface area contributed by atoms with Crippen LogP contribution in [0.2, 0.25) is 0 Å². The molecule has 0 heterocycles. The van der Waals surface area contributed by atoms with Crippen LogP contribution in [0.3, 0.4) is 0 Å². The highest BCUT2D eigenvalue weighted by molar-refractivity contribution is 5.95. The second-order valence-corrected chi connectivity index (χ2v) is 5.12. The Bertz CT molecular complexity index is 482. The highest BCUT2D eigenvalue weighted by atomic mass is 16.4. The van der Waals surface area contributed by atoms with Crippen molar-refractivity contribution >= 4 is 17.6 Å². The molecule has 0 saturated heterocycles. The molecule has 1 amide bonds. The van der Waals surface area contributed by atoms with Gasteiger partial charge in [-0.25, -0.2) is 0 Å². The summed E-state index contributed by atoms with van der Waals surface area (Å²) < 4.78 is 0. The fraction of sp³-hybridized carbons (Fsp3) is 0.467. The summed E-state index contributed by atoms with van der Waals surface area (Å²) in [4.78, 5) is 22.9. The molecule has 0 fully saturated rings. The maximum absolute atomic E-state index is 12.3. The van der Waals surface area contributed by atoms with Crippen LogP contribution in [-0.4, -0.2) is 23.5 Å². The Kier molecular flexibility index (Phi) is 5.70. The second-order valence-electron chi connectivity index (χ2n) is 5.12. The SMILES string of the molecule is CCC(C)(CN)C(=O)Nc1ccccc1CCC(=O)O. The number of aryl methyl sites for hydroxylation is 1. The molecule has 0 aliphatic carbocycles. The predicted octanol–water partition coefficient (Wildman–Crippen LogP) is 2.02. The van der Waals surface area contributed by atoms with E-state index in [1.165, 1.54) is 0 Å². The maximum Gasteiger partial charge on any atom is 0.303 e. The van der Waals surface area contributed by atoms with Crippen LogP contribution in [-0.2, 0) is 16.0 Å². The Hall–Kier alpha value is -1.88. The van der Waals surface area contributed by atoms with Crippen LogP contribution in [0.1, 0.15) is 32.3 Å². The highest BCUT2D eigenvalue weighted by Crippen LogP contribution is 2.24. The minimum atomic E-state index is -0.855. The van der Waals surface area contributed by atoms with E-state index in [4.69, 9.17) is 10.8 Å². The van der Waals surface area contributed by atoms with Crippen LogP contribution in [0.15, 0.2) is 24.3 Å². The van der Waals surface area contributed by atoms with Gasteiger partial charge in [0.2, 0.25) is 5.91 Å². The number of anilines is 1. The molecule has 20 heavy (non-hydrogen) atoms. The molecule has 5 nitrogen and oxygen atoms in total. The molecule has 1 atom stereocenters. The molecule has 5 heteroatoms. The van der Waals surface area contributed by atoms with Crippen LogP contribution < -0.4 is 11.1 Å². The van der Waals surface area contributed by atoms with Crippen molar-refractivity contribution in [2.45, 2.75) is 33.1 Å². The normalized spacial score (nSPS) is 13.6. The van der Waals surface area contributed by atoms with E-state index in [2.05, 4.69) is 5.32 Å². The molecule has 0 aliphatic rings. The number of nitrogens with two attached hydrogens (primary N) is 1. The molecule has 0 radical (unpaired) electrons. The van der Waals surface area contributed by atoms with Crippen LogP contribution >= 0.6 is 0 Å². The lowest BCUT2D eigenvalue weighted by atomic mass is 9.86. The fourth-order valence-electron chi connectivity index (χ4n) is 1.77. The monoisotopic (exact) mass is 278 g/mol. The average Bonchev–Trinajstić information content (AvgIpc) is 2.45. The van der Waals surface area contributed by atoms with Crippen LogP contribution in [0.25, 0.3) is 0 Å². The van der Waals surface area contributed by atoms with Crippen molar-refractivity contribution in [1.82, 2.24) is 0 Å². The van der Waals surface area contributed by atoms with Gasteiger partial charge >= 0.3 is 5.97 Å². The molecule has 1 aromatic carbocycles. The molecule has 0 saturated carbocycles. The van der Waals surface area contributed by atoms with E-state index in [9.17, 15) is 9.59 Å². The molecular weight excluding hydrogens is 256 g/mol. The zero-order valence-corrected chi connectivity index (χ0v) is 12.0. The topological polar surface area (TPSA) is 92.4 Å². The summed E-state index contributed by atoms with van der Waals surface area (Å²) >= 11 is 0. The van der Waals surface area contributed by atoms with Gasteiger partial charge in [0.25, 0.3) is 0 Å². The molecule has 1 rings (SSSR count). The number of hydrogen-bond acceptors (Lipinski definition) is 3. The molecule has 0 aliphatic heterocycles. The van der Waals surface area contributed by atoms with Gasteiger partial charge in [0.15, 0.2) is 0 Å². The largest absolute Gasteiger partial charge is 0.481 e. The van der Waals surface area contributed by atoms with E-state index >= 15 is 0 Å². The Morgan fingerprint density at radius 3 is 2.55 bits per heavy atom. The number of benzene rings is 1. The summed E-state index contributed by atoms with van der Waals surface area (Å²) in [5.41, 5.74) is 6.54. The lowest BCUT2D eigenvalue weighted by Crippen LogP contribution is -2.39. The molecule has 110 valence electrons. The van der Waals surface area contributed by atoms with Crippen LogP contribution in [0.4, 0.5) is 5.69 Å². The van der Waals surface area contributed by atoms with Gasteiger partial charge in [-0.15, -0.1) is 0 Å². The quantitative estimate of drug-likeness (QED) is 0.711. The predicted molar refractivity (Wildman–Crippen MR) is 78.5 cm³/mol. The maximum atomic E-state index is 12.3. The lowest BCUT2D eigenvalue weighted by molar-refractivity contribution is -0.137. The van der Waals surface area contributed by atoms with E-state index in [1.807, 2.05) is 32.0 Å². The van der Waals surface area contributed by atoms with Crippen molar-refractivity contribution < 1.29 is 14.7 Å². The number of aliphatic carboxylic acids is 1. The van der Waals surface area contributed by atoms with Crippen molar-refractivity contribution in [3.8, 4) is 0 Å². The number of carboxylic acid groups (broad SMARTS) is 1. The third-order valence-corrected chi connectivity index (χ3v) is 3.65. The summed E-state index contributed by atoms with van der Waals surface area (Å²) in [6, 6.07) is 7.24. The summed E-state index contributed by atoms with van der Waals surface area (Å²) in [6.07, 6.45) is 1.07. The van der Waals surface area contributed by atoms with Gasteiger partial charge in [0, 0.05) is 18.7 Å². The van der Waals surface area contributed by atoms with E-state index in [0.717, 1.165) is 5.56 Å². The van der Waals surface area contributed by atoms with Gasteiger partial charge in [0.05, 0.1) is 5.41 Å². The summed E-state index contributed by atoms with van der Waals surface area (Å²) in [6.45, 7) is 4.01. The number of amides is 1. The van der Waals surface area contributed by atoms with Gasteiger partial charge in [-0.2, -0.15) is 0 Å². The van der Waals surface area contributed by atoms with E-state index in [-0.39, 0.29) is 18.9 Å². The minimum absolute atomic E-state index is 0.0365. The minimum Gasteiger partial charge on any atom is -0.481 e. The summed E-state index contributed by atoms with van der Waals surface area (Å²) in [5, 5.41) is 11.6. The average molecular weight is 278 g/mol. The smallest absolute Gasteiger partial charge is 0.303 e. The number of para-hydroxylation sites is 1. The van der Waals surface area contributed by atoms with Gasteiger partial charge in [0.1, 0.15) is 0 Å². The third-order valence-electron chi connectivity index (χ3n) is 3.65. The standard InChI is InChI=1S/C15H22N2O3/c1-3-15(2,10-16)14(20)17-12-7-5-4-6-11(12)8-9-13(18)19/h4-7H,3,8-10,16H2,1-2H3,(H,17,20)(H,18,19). The van der Waals surface area contributed by atoms with Gasteiger partial charge in [-0.3, -0.25) is 9.59 Å². The lowest BCUT2D eigenvalue weighted by Gasteiger charge is -2.25. The first-order valence-electron chi connectivity index (χ1n) is 6.74. The van der Waals surface area contributed by atoms with Gasteiger partial charge in [-0.05, 0) is 31.4 Å². The van der Waals surface area contributed by atoms with Crippen LogP contribution in [0, 0.1) is 5.41 Å². The molecule has 1 aromatic rings. The van der Waals surface area contributed by atoms with E-state index < -0.39 is 11.4 Å². The Morgan fingerprint density at radius 2 is 2.00 bits per heavy atom. The first-order valence-corrected chi connectivity index (χ1v) is 6.74. The fourth-order valence-corrected chi connectivity index (χ4v) is 1.77. The number of carbonyl (C=O) groups excluding carboxylic acids is 1. The molecule has 0 bridgehead atoms. The highest BCUT2D eigenvalue weighted by Gasteiger charge is 2.29. The number of carbonyl (C=O) groups is 2. The third kappa shape index (κ3) is 4.06. The van der Waals surface area contributed by atoms with E-state index in [0.29, 0.717) is 18.5 Å². The van der Waals surface area contributed by atoms with Crippen molar-refractivity contribution in [3.63, 3.8) is 0 Å². The molecular formula is C15H22N2O3. The summed E-state index contributed by atoms with van der Waals surface area (Å²) in [5.74, 6) is -0.989. The van der Waals surface area contributed by atoms with Crippen molar-refractivity contribution in [3.05, 3.63) is 29.8 Å². The van der Waals surface area contributed by atoms with Crippen molar-refractivity contribution in [2.75, 3.05) is 11.9 Å². The molecule has 0 spiro atoms. The van der Waals surface area contributed by atoms with Crippen molar-refractivity contribution in [1.29, 1.82) is 0 Å². The summed E-state index contributed by atoms with van der Waals surface area (Å²) in [7, 11) is 0. The Morgan fingerprint density at radius 1 is 1.35 bits per heavy atom. The van der Waals surface area contributed by atoms with Gasteiger partial charge in [-0.1, -0.05) is 25.1 Å². The molecule has 4 N–H and O–H groups in total. The van der Waals surface area contributed by atoms with Gasteiger partial charge < -0.3 is 16.2 Å². The van der Waals surface area contributed by atoms with Crippen molar-refractivity contribution in [2.24, 2.45) is 11.1 Å². The van der Waals surface area contributed by atoms with Crippen LogP contribution in [0.5, 0.6) is 0 Å². The number of nitrogens with one attached hydrogen (secondary N) is 1. The molecule has 0 aromatic heterocycles. The van der Waals surface area contributed by atoms with E-state index in [1.54, 1.807) is 6.07 Å². The molecule has 1 unspecified atom stereocenters. The zero-order chi connectivity index (χ0) is 15.2. The number of rotatable bonds is 7. The Labute approximate surface area is 119 Å².